The Kier molecular flexibility index (Phi) is 8.61. The molecule has 0 radical (unpaired) electrons. The van der Waals surface area contributed by atoms with Crippen molar-refractivity contribution in [3.8, 4) is 0 Å². The molecule has 1 unspecified atom stereocenters. The summed E-state index contributed by atoms with van der Waals surface area (Å²) < 4.78 is 5.33. The van der Waals surface area contributed by atoms with Gasteiger partial charge < -0.3 is 25.8 Å². The Morgan fingerprint density at radius 3 is 2.40 bits per heavy atom. The van der Waals surface area contributed by atoms with Crippen molar-refractivity contribution >= 4 is 11.9 Å². The van der Waals surface area contributed by atoms with Gasteiger partial charge in [-0.25, -0.2) is 4.99 Å². The van der Waals surface area contributed by atoms with Crippen LogP contribution in [-0.2, 0) is 9.53 Å². The van der Waals surface area contributed by atoms with E-state index in [4.69, 9.17) is 4.74 Å². The standard InChI is InChI=1S/C17H35N5O3/c1-6-18-15(19-11-14(23)21-16(2,3)4)20-12-17(5,24)13-22-7-9-25-10-8-22/h24H,6-13H2,1-5H3,(H,21,23)(H2,18,19,20). The number of aliphatic hydroxyl groups is 1. The first-order valence-corrected chi connectivity index (χ1v) is 8.97. The minimum Gasteiger partial charge on any atom is -0.387 e. The van der Waals surface area contributed by atoms with Crippen LogP contribution < -0.4 is 16.0 Å². The number of morpholine rings is 1. The molecule has 1 saturated heterocycles. The Morgan fingerprint density at radius 2 is 1.84 bits per heavy atom. The number of aliphatic imine (C=N–C) groups is 1. The molecule has 0 saturated carbocycles. The van der Waals surface area contributed by atoms with E-state index in [1.807, 2.05) is 27.7 Å². The van der Waals surface area contributed by atoms with E-state index >= 15 is 0 Å². The van der Waals surface area contributed by atoms with E-state index in [2.05, 4.69) is 25.8 Å². The molecule has 1 fully saturated rings. The van der Waals surface area contributed by atoms with E-state index in [1.54, 1.807) is 6.92 Å². The molecule has 25 heavy (non-hydrogen) atoms. The fraction of sp³-hybridized carbons (Fsp3) is 0.882. The molecule has 8 heteroatoms. The van der Waals surface area contributed by atoms with Gasteiger partial charge in [0.15, 0.2) is 5.96 Å². The lowest BCUT2D eigenvalue weighted by Gasteiger charge is -2.34. The second-order valence-corrected chi connectivity index (χ2v) is 7.73. The van der Waals surface area contributed by atoms with Gasteiger partial charge in [-0.3, -0.25) is 9.69 Å². The molecule has 0 aromatic rings. The number of rotatable bonds is 7. The Morgan fingerprint density at radius 1 is 1.20 bits per heavy atom. The van der Waals surface area contributed by atoms with Gasteiger partial charge in [0.1, 0.15) is 6.54 Å². The second kappa shape index (κ2) is 9.94. The summed E-state index contributed by atoms with van der Waals surface area (Å²) in [6.07, 6.45) is 0. The minimum atomic E-state index is -0.902. The maximum atomic E-state index is 11.9. The van der Waals surface area contributed by atoms with Crippen molar-refractivity contribution < 1.29 is 14.6 Å². The van der Waals surface area contributed by atoms with E-state index in [0.717, 1.165) is 13.1 Å². The highest BCUT2D eigenvalue weighted by atomic mass is 16.5. The van der Waals surface area contributed by atoms with Gasteiger partial charge in [-0.1, -0.05) is 0 Å². The Balaban J connectivity index is 2.49. The zero-order valence-electron chi connectivity index (χ0n) is 16.3. The predicted molar refractivity (Wildman–Crippen MR) is 99.8 cm³/mol. The van der Waals surface area contributed by atoms with Gasteiger partial charge in [-0.05, 0) is 34.6 Å². The molecule has 0 aromatic heterocycles. The summed E-state index contributed by atoms with van der Waals surface area (Å²) in [7, 11) is 0. The molecular formula is C17H35N5O3. The van der Waals surface area contributed by atoms with Gasteiger partial charge in [0.05, 0.1) is 18.8 Å². The van der Waals surface area contributed by atoms with Crippen molar-refractivity contribution in [3.05, 3.63) is 0 Å². The van der Waals surface area contributed by atoms with Gasteiger partial charge in [0.25, 0.3) is 0 Å². The molecule has 1 rings (SSSR count). The molecule has 0 aliphatic carbocycles. The normalized spacial score (nSPS) is 19.2. The van der Waals surface area contributed by atoms with Crippen LogP contribution in [0.1, 0.15) is 34.6 Å². The van der Waals surface area contributed by atoms with E-state index < -0.39 is 5.60 Å². The monoisotopic (exact) mass is 357 g/mol. The van der Waals surface area contributed by atoms with Crippen molar-refractivity contribution in [2.45, 2.75) is 45.8 Å². The first-order valence-electron chi connectivity index (χ1n) is 8.97. The van der Waals surface area contributed by atoms with Crippen LogP contribution in [0.15, 0.2) is 4.99 Å². The van der Waals surface area contributed by atoms with E-state index in [0.29, 0.717) is 38.8 Å². The van der Waals surface area contributed by atoms with E-state index in [1.165, 1.54) is 0 Å². The first-order chi connectivity index (χ1) is 11.6. The summed E-state index contributed by atoms with van der Waals surface area (Å²) in [5, 5.41) is 19.7. The van der Waals surface area contributed by atoms with Crippen molar-refractivity contribution in [1.82, 2.24) is 20.9 Å². The highest BCUT2D eigenvalue weighted by Crippen LogP contribution is 2.07. The van der Waals surface area contributed by atoms with Crippen LogP contribution in [-0.4, -0.2) is 85.5 Å². The van der Waals surface area contributed by atoms with Crippen LogP contribution in [0.5, 0.6) is 0 Å². The SMILES string of the molecule is CCNC(=NCC(=O)NC(C)(C)C)NCC(C)(O)CN1CCOCC1. The number of nitrogens with one attached hydrogen (secondary N) is 3. The third-order valence-corrected chi connectivity index (χ3v) is 3.54. The van der Waals surface area contributed by atoms with Crippen LogP contribution in [0.25, 0.3) is 0 Å². The number of carbonyl (C=O) groups is 1. The largest absolute Gasteiger partial charge is 0.387 e. The molecule has 4 N–H and O–H groups in total. The number of amides is 1. The van der Waals surface area contributed by atoms with Crippen LogP contribution in [0, 0.1) is 0 Å². The summed E-state index contributed by atoms with van der Waals surface area (Å²) in [5.41, 5.74) is -1.18. The molecule has 8 nitrogen and oxygen atoms in total. The summed E-state index contributed by atoms with van der Waals surface area (Å²) >= 11 is 0. The van der Waals surface area contributed by atoms with Gasteiger partial charge in [-0.15, -0.1) is 0 Å². The minimum absolute atomic E-state index is 0.0399. The Labute approximate surface area is 151 Å². The molecule has 146 valence electrons. The molecule has 1 amide bonds. The van der Waals surface area contributed by atoms with Crippen molar-refractivity contribution in [2.75, 3.05) is 52.5 Å². The van der Waals surface area contributed by atoms with Crippen molar-refractivity contribution in [1.29, 1.82) is 0 Å². The quantitative estimate of drug-likeness (QED) is 0.364. The lowest BCUT2D eigenvalue weighted by molar-refractivity contribution is -0.121. The first kappa shape index (κ1) is 21.7. The summed E-state index contributed by atoms with van der Waals surface area (Å²) in [6.45, 7) is 14.2. The number of β-amino-alcohol motifs (C(OH)–C–C–N with tert-alkyl or cyclic N) is 1. The average Bonchev–Trinajstić information content (AvgIpc) is 2.49. The lowest BCUT2D eigenvalue weighted by atomic mass is 10.1. The fourth-order valence-electron chi connectivity index (χ4n) is 2.52. The van der Waals surface area contributed by atoms with Crippen LogP contribution in [0.4, 0.5) is 0 Å². The molecule has 1 heterocycles. The fourth-order valence-corrected chi connectivity index (χ4v) is 2.52. The molecule has 0 aromatic carbocycles. The summed E-state index contributed by atoms with van der Waals surface area (Å²) in [6, 6.07) is 0. The number of ether oxygens (including phenoxy) is 1. The second-order valence-electron chi connectivity index (χ2n) is 7.73. The zero-order chi connectivity index (χ0) is 18.9. The molecule has 1 atom stereocenters. The van der Waals surface area contributed by atoms with Gasteiger partial charge >= 0.3 is 0 Å². The topological polar surface area (TPSA) is 98.2 Å². The number of carbonyl (C=O) groups excluding carboxylic acids is 1. The number of guanidine groups is 1. The van der Waals surface area contributed by atoms with E-state index in [-0.39, 0.29) is 18.0 Å². The van der Waals surface area contributed by atoms with Crippen LogP contribution in [0.3, 0.4) is 0 Å². The molecular weight excluding hydrogens is 322 g/mol. The highest BCUT2D eigenvalue weighted by molar-refractivity contribution is 5.85. The van der Waals surface area contributed by atoms with Crippen LogP contribution >= 0.6 is 0 Å². The molecule has 1 aliphatic rings. The third-order valence-electron chi connectivity index (χ3n) is 3.54. The average molecular weight is 357 g/mol. The molecule has 0 spiro atoms. The van der Waals surface area contributed by atoms with E-state index in [9.17, 15) is 9.90 Å². The lowest BCUT2D eigenvalue weighted by Crippen LogP contribution is -2.53. The zero-order valence-corrected chi connectivity index (χ0v) is 16.3. The molecule has 0 bridgehead atoms. The van der Waals surface area contributed by atoms with Crippen molar-refractivity contribution in [2.24, 2.45) is 4.99 Å². The molecule has 1 aliphatic heterocycles. The number of hydrogen-bond donors (Lipinski definition) is 4. The predicted octanol–water partition coefficient (Wildman–Crippen LogP) is -0.461. The van der Waals surface area contributed by atoms with Gasteiger partial charge in [-0.2, -0.15) is 0 Å². The van der Waals surface area contributed by atoms with Crippen LogP contribution in [0.2, 0.25) is 0 Å². The third kappa shape index (κ3) is 10.3. The Bertz CT molecular complexity index is 440. The van der Waals surface area contributed by atoms with Gasteiger partial charge in [0, 0.05) is 38.3 Å². The van der Waals surface area contributed by atoms with Gasteiger partial charge in [0.2, 0.25) is 5.91 Å². The number of hydrogen-bond acceptors (Lipinski definition) is 5. The Hall–Kier alpha value is -1.38. The highest BCUT2D eigenvalue weighted by Gasteiger charge is 2.25. The summed E-state index contributed by atoms with van der Waals surface area (Å²) in [4.78, 5) is 18.4. The summed E-state index contributed by atoms with van der Waals surface area (Å²) in [5.74, 6) is 0.388. The smallest absolute Gasteiger partial charge is 0.242 e. The number of nitrogens with zero attached hydrogens (tertiary/aromatic N) is 2. The van der Waals surface area contributed by atoms with Crippen molar-refractivity contribution in [3.63, 3.8) is 0 Å². The maximum Gasteiger partial charge on any atom is 0.242 e. The maximum absolute atomic E-state index is 11.9.